The molecule has 3 aromatic rings. The van der Waals surface area contributed by atoms with E-state index in [4.69, 9.17) is 9.73 Å². The van der Waals surface area contributed by atoms with Gasteiger partial charge in [0.2, 0.25) is 0 Å². The number of hydrogen-bond donors (Lipinski definition) is 3. The number of aliphatic hydroxyl groups is 1. The minimum Gasteiger partial charge on any atom is -0.512 e. The topological polar surface area (TPSA) is 138 Å². The van der Waals surface area contributed by atoms with Crippen molar-refractivity contribution in [3.8, 4) is 17.6 Å². The van der Waals surface area contributed by atoms with Gasteiger partial charge < -0.3 is 20.1 Å². The Morgan fingerprint density at radius 2 is 1.83 bits per heavy atom. The van der Waals surface area contributed by atoms with Crippen molar-refractivity contribution in [2.45, 2.75) is 19.0 Å². The van der Waals surface area contributed by atoms with Crippen molar-refractivity contribution in [2.24, 2.45) is 12.0 Å². The number of ether oxygens (including phenoxy) is 1. The van der Waals surface area contributed by atoms with Gasteiger partial charge >= 0.3 is 6.03 Å². The number of amides is 4. The highest BCUT2D eigenvalue weighted by Crippen LogP contribution is 2.25. The van der Waals surface area contributed by atoms with Crippen LogP contribution in [-0.4, -0.2) is 63.5 Å². The average molecular weight is 565 g/mol. The average Bonchev–Trinajstić information content (AvgIpc) is 3.60. The lowest BCUT2D eigenvalue weighted by Crippen LogP contribution is -2.26. The van der Waals surface area contributed by atoms with Crippen molar-refractivity contribution in [3.63, 3.8) is 0 Å². The number of methoxy groups -OCH3 is 1. The monoisotopic (exact) mass is 564 g/mol. The van der Waals surface area contributed by atoms with Crippen LogP contribution in [0.3, 0.4) is 0 Å². The molecule has 1 aromatic heterocycles. The second-order valence-corrected chi connectivity index (χ2v) is 9.77. The number of aliphatic imine (C=N–C) groups is 1. The van der Waals surface area contributed by atoms with Crippen molar-refractivity contribution < 1.29 is 24.2 Å². The highest BCUT2D eigenvalue weighted by molar-refractivity contribution is 6.06. The largest absolute Gasteiger partial charge is 0.512 e. The molecule has 0 radical (unpaired) electrons. The first-order valence-corrected chi connectivity index (χ1v) is 13.0. The van der Waals surface area contributed by atoms with Crippen LogP contribution in [0.4, 0.5) is 4.79 Å². The maximum atomic E-state index is 11.5. The molecule has 0 spiro atoms. The lowest BCUT2D eigenvalue weighted by Gasteiger charge is -2.06. The molecule has 1 fully saturated rings. The summed E-state index contributed by atoms with van der Waals surface area (Å²) in [6.45, 7) is 0.707. The minimum atomic E-state index is -0.845. The zero-order valence-corrected chi connectivity index (χ0v) is 23.2. The third-order valence-electron chi connectivity index (χ3n) is 6.69. The predicted octanol–water partition coefficient (Wildman–Crippen LogP) is 2.94. The molecular weight excluding hydrogens is 536 g/mol. The number of hydrogen-bond acceptors (Lipinski definition) is 7. The summed E-state index contributed by atoms with van der Waals surface area (Å²) in [6.07, 6.45) is 7.29. The summed E-state index contributed by atoms with van der Waals surface area (Å²) in [5.74, 6) is 6.19. The first-order valence-electron chi connectivity index (χ1n) is 13.0. The highest BCUT2D eigenvalue weighted by Gasteiger charge is 2.27. The van der Waals surface area contributed by atoms with E-state index in [-0.39, 0.29) is 11.7 Å². The van der Waals surface area contributed by atoms with Crippen molar-refractivity contribution in [3.05, 3.63) is 101 Å². The Hall–Kier alpha value is -5.63. The highest BCUT2D eigenvalue weighted by atomic mass is 16.5. The lowest BCUT2D eigenvalue weighted by molar-refractivity contribution is -0.119. The molecule has 0 saturated carbocycles. The van der Waals surface area contributed by atoms with Crippen LogP contribution < -0.4 is 15.4 Å². The van der Waals surface area contributed by atoms with Crippen molar-refractivity contribution in [2.75, 3.05) is 14.2 Å². The van der Waals surface area contributed by atoms with E-state index in [0.717, 1.165) is 28.0 Å². The number of aromatic nitrogens is 2. The van der Waals surface area contributed by atoms with Gasteiger partial charge in [-0.3, -0.25) is 24.6 Å². The van der Waals surface area contributed by atoms with Gasteiger partial charge in [-0.15, -0.1) is 0 Å². The van der Waals surface area contributed by atoms with E-state index < -0.39 is 18.0 Å². The molecule has 2 aromatic carbocycles. The number of aliphatic hydroxyl groups excluding tert-OH is 1. The number of aryl methyl sites for hydroxylation is 1. The Balaban J connectivity index is 0.000000226. The fraction of sp³-hybridized carbons (Fsp3) is 0.194. The molecule has 4 amide bonds. The fourth-order valence-corrected chi connectivity index (χ4v) is 4.48. The SMILES string of the molecule is COc1ccc2c(c1)C(=O)N(C)C2.Cn1cc(C2=CC=C(O)CC(c3ccc(C#CC4NC(=O)NC4=O)cc3)=N2)cn1. The van der Waals surface area contributed by atoms with E-state index in [1.807, 2.05) is 37.5 Å². The van der Waals surface area contributed by atoms with Gasteiger partial charge in [0.1, 0.15) is 5.75 Å². The van der Waals surface area contributed by atoms with Crippen LogP contribution >= 0.6 is 0 Å². The molecule has 4 heterocycles. The number of benzene rings is 2. The van der Waals surface area contributed by atoms with Gasteiger partial charge in [-0.2, -0.15) is 5.10 Å². The molecule has 1 saturated heterocycles. The Bertz CT molecular complexity index is 1720. The number of carbonyl (C=O) groups excluding carboxylic acids is 3. The number of nitrogens with one attached hydrogen (secondary N) is 2. The van der Waals surface area contributed by atoms with Crippen LogP contribution in [0.15, 0.2) is 77.8 Å². The molecule has 0 aliphatic carbocycles. The van der Waals surface area contributed by atoms with Crippen LogP contribution in [0.2, 0.25) is 0 Å². The van der Waals surface area contributed by atoms with Gasteiger partial charge in [0, 0.05) is 49.9 Å². The lowest BCUT2D eigenvalue weighted by atomic mass is 10.0. The summed E-state index contributed by atoms with van der Waals surface area (Å²) in [5.41, 5.74) is 5.67. The molecule has 11 heteroatoms. The van der Waals surface area contributed by atoms with Crippen LogP contribution in [0.1, 0.15) is 39.0 Å². The number of urea groups is 1. The van der Waals surface area contributed by atoms with E-state index in [1.54, 1.807) is 60.3 Å². The van der Waals surface area contributed by atoms with Gasteiger partial charge in [0.05, 0.1) is 30.5 Å². The van der Waals surface area contributed by atoms with Crippen LogP contribution in [0.25, 0.3) is 5.70 Å². The van der Waals surface area contributed by atoms with E-state index in [1.165, 1.54) is 0 Å². The quantitative estimate of drug-likeness (QED) is 0.330. The van der Waals surface area contributed by atoms with Crippen LogP contribution in [0.5, 0.6) is 5.75 Å². The van der Waals surface area contributed by atoms with Crippen molar-refractivity contribution >= 4 is 29.3 Å². The normalized spacial score (nSPS) is 17.3. The molecule has 3 aliphatic rings. The first-order chi connectivity index (χ1) is 20.2. The molecule has 6 rings (SSSR count). The summed E-state index contributed by atoms with van der Waals surface area (Å²) in [4.78, 5) is 40.6. The molecule has 212 valence electrons. The fourth-order valence-electron chi connectivity index (χ4n) is 4.48. The van der Waals surface area contributed by atoms with E-state index in [0.29, 0.717) is 29.9 Å². The molecule has 11 nitrogen and oxygen atoms in total. The van der Waals surface area contributed by atoms with Crippen LogP contribution in [0, 0.1) is 11.8 Å². The predicted molar refractivity (Wildman–Crippen MR) is 156 cm³/mol. The Labute approximate surface area is 242 Å². The van der Waals surface area contributed by atoms with Crippen molar-refractivity contribution in [1.82, 2.24) is 25.3 Å². The Kier molecular flexibility index (Phi) is 7.88. The molecule has 42 heavy (non-hydrogen) atoms. The van der Waals surface area contributed by atoms with E-state index in [9.17, 15) is 19.5 Å². The number of rotatable bonds is 3. The minimum absolute atomic E-state index is 0.0777. The van der Waals surface area contributed by atoms with Gasteiger partial charge in [-0.25, -0.2) is 4.79 Å². The molecule has 3 N–H and O–H groups in total. The molecule has 0 bridgehead atoms. The van der Waals surface area contributed by atoms with Gasteiger partial charge in [0.15, 0.2) is 6.04 Å². The summed E-state index contributed by atoms with van der Waals surface area (Å²) in [5, 5.41) is 18.9. The smallest absolute Gasteiger partial charge is 0.322 e. The maximum Gasteiger partial charge on any atom is 0.322 e. The number of nitrogens with zero attached hydrogens (tertiary/aromatic N) is 4. The standard InChI is InChI=1S/C21H17N5O3.C10H11NO2/c1-26-12-15(11-22-26)17-9-7-16(27)10-19(23-17)14-5-2-13(3-6-14)4-8-18-20(28)25-21(29)24-18;1-11-6-7-3-4-8(13-2)5-9(7)10(11)12/h2-3,5-7,9,11-12,18,27H,10H2,1H3,(H2,24,25,28,29);3-5H,6H2,1-2H3. The second-order valence-electron chi connectivity index (χ2n) is 9.77. The number of fused-ring (bicyclic) bond motifs is 1. The molecule has 1 atom stereocenters. The second kappa shape index (κ2) is 11.9. The number of carbonyl (C=O) groups is 3. The van der Waals surface area contributed by atoms with E-state index >= 15 is 0 Å². The summed E-state index contributed by atoms with van der Waals surface area (Å²) in [7, 11) is 5.23. The van der Waals surface area contributed by atoms with Gasteiger partial charge in [-0.1, -0.05) is 30.0 Å². The number of allylic oxidation sites excluding steroid dienone is 3. The maximum absolute atomic E-state index is 11.5. The molecule has 3 aliphatic heterocycles. The zero-order chi connectivity index (χ0) is 29.8. The zero-order valence-electron chi connectivity index (χ0n) is 23.2. The van der Waals surface area contributed by atoms with E-state index in [2.05, 4.69) is 27.6 Å². The summed E-state index contributed by atoms with van der Waals surface area (Å²) < 4.78 is 6.75. The van der Waals surface area contributed by atoms with Crippen molar-refractivity contribution in [1.29, 1.82) is 0 Å². The Morgan fingerprint density at radius 3 is 2.50 bits per heavy atom. The molecular formula is C31H28N6O5. The molecule has 1 unspecified atom stereocenters. The third kappa shape index (κ3) is 6.23. The third-order valence-corrected chi connectivity index (χ3v) is 6.69. The number of imide groups is 1. The van der Waals surface area contributed by atoms with Gasteiger partial charge in [0.25, 0.3) is 11.8 Å². The first kappa shape index (κ1) is 27.9. The van der Waals surface area contributed by atoms with Crippen LogP contribution in [-0.2, 0) is 18.4 Å². The summed E-state index contributed by atoms with van der Waals surface area (Å²) >= 11 is 0. The van der Waals surface area contributed by atoms with Gasteiger partial charge in [-0.05, 0) is 47.5 Å². The Morgan fingerprint density at radius 1 is 1.05 bits per heavy atom. The summed E-state index contributed by atoms with van der Waals surface area (Å²) in [6, 6.07) is 11.5.